The van der Waals surface area contributed by atoms with E-state index in [0.29, 0.717) is 22.7 Å². The molecule has 0 fully saturated rings. The summed E-state index contributed by atoms with van der Waals surface area (Å²) < 4.78 is 18.2. The second-order valence-corrected chi connectivity index (χ2v) is 5.93. The summed E-state index contributed by atoms with van der Waals surface area (Å²) in [4.78, 5) is 24.1. The molecule has 24 heavy (non-hydrogen) atoms. The van der Waals surface area contributed by atoms with Crippen molar-refractivity contribution >= 4 is 29.1 Å². The number of carbonyl (C=O) groups excluding carboxylic acids is 2. The van der Waals surface area contributed by atoms with Crippen molar-refractivity contribution in [2.75, 3.05) is 11.9 Å². The number of nitrogens with one attached hydrogen (secondary N) is 2. The summed E-state index contributed by atoms with van der Waals surface area (Å²) in [5.41, 5.74) is 1.13. The third-order valence-electron chi connectivity index (χ3n) is 3.25. The molecule has 0 aliphatic rings. The van der Waals surface area contributed by atoms with E-state index in [-0.39, 0.29) is 17.5 Å². The van der Waals surface area contributed by atoms with Gasteiger partial charge in [0.15, 0.2) is 5.76 Å². The van der Waals surface area contributed by atoms with Crippen molar-refractivity contribution in [1.82, 2.24) is 10.5 Å². The number of aryl methyl sites for hydroxylation is 1. The summed E-state index contributed by atoms with van der Waals surface area (Å²) in [6.07, 6.45) is 0. The number of hydrogen-bond donors (Lipinski definition) is 2. The maximum Gasteiger partial charge on any atom is 0.257 e. The Hall–Kier alpha value is -2.41. The van der Waals surface area contributed by atoms with E-state index >= 15 is 0 Å². The summed E-state index contributed by atoms with van der Waals surface area (Å²) in [7, 11) is 0. The maximum atomic E-state index is 13.1. The van der Waals surface area contributed by atoms with Gasteiger partial charge in [0.2, 0.25) is 5.91 Å². The molecule has 1 aromatic heterocycles. The first kappa shape index (κ1) is 17.9. The van der Waals surface area contributed by atoms with Crippen molar-refractivity contribution in [2.24, 2.45) is 0 Å². The van der Waals surface area contributed by atoms with Crippen LogP contribution in [0.15, 0.2) is 22.7 Å². The van der Waals surface area contributed by atoms with E-state index in [2.05, 4.69) is 15.8 Å². The van der Waals surface area contributed by atoms with Gasteiger partial charge in [-0.1, -0.05) is 30.6 Å². The van der Waals surface area contributed by atoms with E-state index in [0.717, 1.165) is 6.07 Å². The standard InChI is InChI=1S/C16H17ClFN3O3/c1-8(2)15-14(9(3)21-24-15)16(23)19-7-13(22)20-10-4-5-12(18)11(17)6-10/h4-6,8H,7H2,1-3H3,(H,19,23)(H,20,22). The van der Waals surface area contributed by atoms with E-state index < -0.39 is 17.6 Å². The van der Waals surface area contributed by atoms with Gasteiger partial charge in [0.1, 0.15) is 11.4 Å². The Morgan fingerprint density at radius 3 is 2.71 bits per heavy atom. The molecule has 1 aromatic carbocycles. The Morgan fingerprint density at radius 1 is 1.38 bits per heavy atom. The van der Waals surface area contributed by atoms with Crippen LogP contribution in [0.4, 0.5) is 10.1 Å². The van der Waals surface area contributed by atoms with Crippen molar-refractivity contribution in [1.29, 1.82) is 0 Å². The normalized spacial score (nSPS) is 10.8. The molecule has 1 heterocycles. The molecule has 0 aliphatic heterocycles. The summed E-state index contributed by atoms with van der Waals surface area (Å²) in [6, 6.07) is 3.81. The SMILES string of the molecule is Cc1noc(C(C)C)c1C(=O)NCC(=O)Nc1ccc(F)c(Cl)c1. The van der Waals surface area contributed by atoms with Gasteiger partial charge in [-0.2, -0.15) is 0 Å². The summed E-state index contributed by atoms with van der Waals surface area (Å²) in [6.45, 7) is 5.16. The van der Waals surface area contributed by atoms with Crippen molar-refractivity contribution in [3.05, 3.63) is 46.1 Å². The van der Waals surface area contributed by atoms with Gasteiger partial charge < -0.3 is 15.2 Å². The molecule has 8 heteroatoms. The minimum absolute atomic E-state index is 0.0119. The maximum absolute atomic E-state index is 13.1. The van der Waals surface area contributed by atoms with E-state index in [4.69, 9.17) is 16.1 Å². The molecule has 0 aliphatic carbocycles. The van der Waals surface area contributed by atoms with Gasteiger partial charge in [0, 0.05) is 11.6 Å². The molecule has 2 rings (SSSR count). The van der Waals surface area contributed by atoms with Gasteiger partial charge >= 0.3 is 0 Å². The van der Waals surface area contributed by atoms with E-state index in [1.807, 2.05) is 13.8 Å². The van der Waals surface area contributed by atoms with E-state index in [9.17, 15) is 14.0 Å². The van der Waals surface area contributed by atoms with Crippen molar-refractivity contribution in [3.63, 3.8) is 0 Å². The number of rotatable bonds is 5. The van der Waals surface area contributed by atoms with Gasteiger partial charge in [-0.15, -0.1) is 0 Å². The van der Waals surface area contributed by atoms with Crippen LogP contribution < -0.4 is 10.6 Å². The number of nitrogens with zero attached hydrogens (tertiary/aromatic N) is 1. The Kier molecular flexibility index (Phi) is 5.56. The van der Waals surface area contributed by atoms with Crippen LogP contribution in [0, 0.1) is 12.7 Å². The molecule has 2 N–H and O–H groups in total. The molecular weight excluding hydrogens is 337 g/mol. The second kappa shape index (κ2) is 7.44. The fourth-order valence-electron chi connectivity index (χ4n) is 2.09. The van der Waals surface area contributed by atoms with Gasteiger partial charge in [0.05, 0.1) is 17.3 Å². The molecule has 6 nitrogen and oxygen atoms in total. The predicted octanol–water partition coefficient (Wildman–Crippen LogP) is 3.27. The number of halogens is 2. The Balaban J connectivity index is 1.97. The van der Waals surface area contributed by atoms with Crippen LogP contribution in [0.2, 0.25) is 5.02 Å². The largest absolute Gasteiger partial charge is 0.360 e. The van der Waals surface area contributed by atoms with Gasteiger partial charge in [-0.25, -0.2) is 4.39 Å². The fraction of sp³-hybridized carbons (Fsp3) is 0.312. The molecular formula is C16H17ClFN3O3. The van der Waals surface area contributed by atoms with Crippen molar-refractivity contribution in [3.8, 4) is 0 Å². The van der Waals surface area contributed by atoms with E-state index in [1.165, 1.54) is 12.1 Å². The Labute approximate surface area is 143 Å². The van der Waals surface area contributed by atoms with Crippen LogP contribution in [0.5, 0.6) is 0 Å². The van der Waals surface area contributed by atoms with Crippen molar-refractivity contribution < 1.29 is 18.5 Å². The first-order valence-electron chi connectivity index (χ1n) is 7.29. The lowest BCUT2D eigenvalue weighted by Crippen LogP contribution is -2.33. The lowest BCUT2D eigenvalue weighted by molar-refractivity contribution is -0.115. The third-order valence-corrected chi connectivity index (χ3v) is 3.54. The zero-order valence-electron chi connectivity index (χ0n) is 13.4. The Morgan fingerprint density at radius 2 is 2.08 bits per heavy atom. The molecule has 0 radical (unpaired) electrons. The minimum atomic E-state index is -0.577. The first-order valence-corrected chi connectivity index (χ1v) is 7.66. The topological polar surface area (TPSA) is 84.2 Å². The number of amides is 2. The Bertz CT molecular complexity index is 774. The lowest BCUT2D eigenvalue weighted by Gasteiger charge is -2.08. The quantitative estimate of drug-likeness (QED) is 0.864. The highest BCUT2D eigenvalue weighted by molar-refractivity contribution is 6.31. The summed E-state index contributed by atoms with van der Waals surface area (Å²) >= 11 is 5.64. The third kappa shape index (κ3) is 4.11. The highest BCUT2D eigenvalue weighted by Crippen LogP contribution is 2.22. The van der Waals surface area contributed by atoms with Crippen molar-refractivity contribution in [2.45, 2.75) is 26.7 Å². The number of carbonyl (C=O) groups is 2. The molecule has 0 saturated carbocycles. The minimum Gasteiger partial charge on any atom is -0.360 e. The number of benzene rings is 1. The zero-order chi connectivity index (χ0) is 17.9. The monoisotopic (exact) mass is 353 g/mol. The summed E-state index contributed by atoms with van der Waals surface area (Å²) in [5, 5.41) is 8.71. The fourth-order valence-corrected chi connectivity index (χ4v) is 2.27. The summed E-state index contributed by atoms with van der Waals surface area (Å²) in [5.74, 6) is -1.03. The molecule has 0 saturated heterocycles. The van der Waals surface area contributed by atoms with Crippen LogP contribution in [-0.2, 0) is 4.79 Å². The van der Waals surface area contributed by atoms with Crippen LogP contribution in [-0.4, -0.2) is 23.5 Å². The second-order valence-electron chi connectivity index (χ2n) is 5.52. The average molecular weight is 354 g/mol. The molecule has 0 atom stereocenters. The molecule has 0 bridgehead atoms. The number of hydrogen-bond acceptors (Lipinski definition) is 4. The van der Waals surface area contributed by atoms with Crippen LogP contribution in [0.3, 0.4) is 0 Å². The zero-order valence-corrected chi connectivity index (χ0v) is 14.2. The number of aromatic nitrogens is 1. The smallest absolute Gasteiger partial charge is 0.257 e. The highest BCUT2D eigenvalue weighted by atomic mass is 35.5. The van der Waals surface area contributed by atoms with Gasteiger partial charge in [0.25, 0.3) is 5.91 Å². The number of anilines is 1. The highest BCUT2D eigenvalue weighted by Gasteiger charge is 2.22. The molecule has 0 unspecified atom stereocenters. The molecule has 0 spiro atoms. The van der Waals surface area contributed by atoms with Gasteiger partial charge in [-0.3, -0.25) is 9.59 Å². The molecule has 2 amide bonds. The van der Waals surface area contributed by atoms with Crippen LogP contribution in [0.25, 0.3) is 0 Å². The van der Waals surface area contributed by atoms with E-state index in [1.54, 1.807) is 6.92 Å². The van der Waals surface area contributed by atoms with Crippen LogP contribution in [0.1, 0.15) is 41.6 Å². The lowest BCUT2D eigenvalue weighted by atomic mass is 10.0. The van der Waals surface area contributed by atoms with Crippen LogP contribution >= 0.6 is 11.6 Å². The average Bonchev–Trinajstić information content (AvgIpc) is 2.90. The first-order chi connectivity index (χ1) is 11.3. The molecule has 128 valence electrons. The molecule has 2 aromatic rings. The van der Waals surface area contributed by atoms with Gasteiger partial charge in [-0.05, 0) is 25.1 Å². The predicted molar refractivity (Wildman–Crippen MR) is 87.7 cm³/mol.